The van der Waals surface area contributed by atoms with Crippen LogP contribution in [0.3, 0.4) is 0 Å². The maximum Gasteiger partial charge on any atom is 0.127 e. The van der Waals surface area contributed by atoms with Crippen molar-refractivity contribution >= 4 is 6.29 Å². The average molecular weight is 220 g/mol. The van der Waals surface area contributed by atoms with Gasteiger partial charge in [0, 0.05) is 5.92 Å². The third-order valence-electron chi connectivity index (χ3n) is 5.32. The third-order valence-corrected chi connectivity index (χ3v) is 5.32. The minimum absolute atomic E-state index is 0.103. The van der Waals surface area contributed by atoms with E-state index < -0.39 is 0 Å². The Labute approximate surface area is 99.3 Å². The van der Waals surface area contributed by atoms with Crippen LogP contribution in [0.5, 0.6) is 0 Å². The molecule has 2 rings (SSSR count). The summed E-state index contributed by atoms with van der Waals surface area (Å²) in [6.07, 6.45) is 7.21. The fourth-order valence-corrected chi connectivity index (χ4v) is 4.46. The topological polar surface area (TPSA) is 17.1 Å². The molecule has 90 valence electrons. The highest BCUT2D eigenvalue weighted by Gasteiger charge is 2.52. The van der Waals surface area contributed by atoms with Gasteiger partial charge in [0.05, 0.1) is 0 Å². The van der Waals surface area contributed by atoms with Gasteiger partial charge in [0.15, 0.2) is 0 Å². The van der Waals surface area contributed by atoms with Crippen molar-refractivity contribution in [1.82, 2.24) is 0 Å². The average Bonchev–Trinajstić information content (AvgIpc) is 2.15. The Kier molecular flexibility index (Phi) is 2.76. The van der Waals surface area contributed by atoms with Crippen LogP contribution in [-0.2, 0) is 4.79 Å². The number of carbonyl (C=O) groups is 1. The van der Waals surface area contributed by atoms with Crippen molar-refractivity contribution in [3.63, 3.8) is 0 Å². The molecule has 0 unspecified atom stereocenters. The van der Waals surface area contributed by atoms with E-state index in [-0.39, 0.29) is 11.3 Å². The van der Waals surface area contributed by atoms with Gasteiger partial charge in [0.25, 0.3) is 0 Å². The Hall–Kier alpha value is -0.590. The molecule has 2 aliphatic rings. The molecule has 0 bridgehead atoms. The predicted molar refractivity (Wildman–Crippen MR) is 67.2 cm³/mol. The first-order valence-electron chi connectivity index (χ1n) is 6.55. The van der Waals surface area contributed by atoms with Crippen LogP contribution in [0.1, 0.15) is 52.9 Å². The van der Waals surface area contributed by atoms with Gasteiger partial charge < -0.3 is 4.79 Å². The molecule has 0 aromatic carbocycles. The molecule has 1 nitrogen and oxygen atoms in total. The molecule has 0 heterocycles. The number of rotatable bonds is 1. The first kappa shape index (κ1) is 11.9. The summed E-state index contributed by atoms with van der Waals surface area (Å²) in [6, 6.07) is 0. The maximum atomic E-state index is 11.4. The third kappa shape index (κ3) is 1.56. The zero-order chi connectivity index (χ0) is 12.0. The number of hydrogen-bond donors (Lipinski definition) is 0. The summed E-state index contributed by atoms with van der Waals surface area (Å²) < 4.78 is 0. The number of aldehydes is 1. The predicted octanol–water partition coefficient (Wildman–Crippen LogP) is 3.98. The standard InChI is InChI=1S/C15H24O/c1-11-6-7-13-14(2,3)8-5-9-15(13,4)12(11)10-16/h10,12-13H,1,5-9H2,2-4H3/t12-,13-,15+/m1/s1. The summed E-state index contributed by atoms with van der Waals surface area (Å²) in [7, 11) is 0. The minimum Gasteiger partial charge on any atom is -0.303 e. The number of allylic oxidation sites excluding steroid dienone is 1. The molecule has 0 radical (unpaired) electrons. The molecule has 0 aliphatic heterocycles. The fourth-order valence-electron chi connectivity index (χ4n) is 4.46. The van der Waals surface area contributed by atoms with Gasteiger partial charge in [-0.1, -0.05) is 39.3 Å². The zero-order valence-corrected chi connectivity index (χ0v) is 10.9. The SMILES string of the molecule is C=C1CC[C@@H]2C(C)(C)CCC[C@@]2(C)[C@@H]1C=O. The number of hydrogen-bond acceptors (Lipinski definition) is 1. The zero-order valence-electron chi connectivity index (χ0n) is 10.9. The molecular formula is C15H24O. The van der Waals surface area contributed by atoms with Crippen molar-refractivity contribution < 1.29 is 4.79 Å². The van der Waals surface area contributed by atoms with Crippen LogP contribution in [0.25, 0.3) is 0 Å². The Morgan fingerprint density at radius 2 is 2.00 bits per heavy atom. The molecule has 16 heavy (non-hydrogen) atoms. The quantitative estimate of drug-likeness (QED) is 0.482. The van der Waals surface area contributed by atoms with Crippen LogP contribution < -0.4 is 0 Å². The lowest BCUT2D eigenvalue weighted by molar-refractivity contribution is -0.121. The Morgan fingerprint density at radius 1 is 1.31 bits per heavy atom. The Morgan fingerprint density at radius 3 is 2.62 bits per heavy atom. The highest BCUT2D eigenvalue weighted by molar-refractivity contribution is 5.61. The first-order valence-corrected chi connectivity index (χ1v) is 6.55. The van der Waals surface area contributed by atoms with E-state index in [4.69, 9.17) is 0 Å². The first-order chi connectivity index (χ1) is 7.42. The highest BCUT2D eigenvalue weighted by atomic mass is 16.1. The van der Waals surface area contributed by atoms with Crippen LogP contribution in [0.2, 0.25) is 0 Å². The summed E-state index contributed by atoms with van der Waals surface area (Å²) in [5.74, 6) is 0.792. The molecule has 0 saturated heterocycles. The normalized spacial score (nSPS) is 42.6. The van der Waals surface area contributed by atoms with E-state index in [9.17, 15) is 4.79 Å². The van der Waals surface area contributed by atoms with Crippen LogP contribution in [0.4, 0.5) is 0 Å². The molecule has 0 aromatic heterocycles. The van der Waals surface area contributed by atoms with E-state index in [1.807, 2.05) is 0 Å². The second kappa shape index (κ2) is 3.72. The largest absolute Gasteiger partial charge is 0.303 e. The second-order valence-electron chi connectivity index (χ2n) is 6.71. The van der Waals surface area contributed by atoms with Gasteiger partial charge in [0.2, 0.25) is 0 Å². The van der Waals surface area contributed by atoms with Gasteiger partial charge in [-0.15, -0.1) is 0 Å². The van der Waals surface area contributed by atoms with Gasteiger partial charge in [-0.05, 0) is 42.4 Å². The molecular weight excluding hydrogens is 196 g/mol. The van der Waals surface area contributed by atoms with E-state index in [2.05, 4.69) is 27.4 Å². The smallest absolute Gasteiger partial charge is 0.127 e. The van der Waals surface area contributed by atoms with E-state index in [0.29, 0.717) is 11.3 Å². The lowest BCUT2D eigenvalue weighted by atomic mass is 9.48. The van der Waals surface area contributed by atoms with Crippen LogP contribution in [-0.4, -0.2) is 6.29 Å². The Bertz CT molecular complexity index is 315. The molecule has 1 heteroatoms. The molecule has 2 saturated carbocycles. The van der Waals surface area contributed by atoms with E-state index in [1.54, 1.807) is 0 Å². The van der Waals surface area contributed by atoms with Crippen molar-refractivity contribution in [1.29, 1.82) is 0 Å². The lowest BCUT2D eigenvalue weighted by Crippen LogP contribution is -2.49. The van der Waals surface area contributed by atoms with Crippen molar-refractivity contribution in [2.75, 3.05) is 0 Å². The van der Waals surface area contributed by atoms with Crippen molar-refractivity contribution in [2.45, 2.75) is 52.9 Å². The molecule has 3 atom stereocenters. The minimum atomic E-state index is 0.103. The van der Waals surface area contributed by atoms with Crippen molar-refractivity contribution in [2.24, 2.45) is 22.7 Å². The molecule has 0 amide bonds. The maximum absolute atomic E-state index is 11.4. The summed E-state index contributed by atoms with van der Waals surface area (Å²) in [5, 5.41) is 0. The van der Waals surface area contributed by atoms with Crippen LogP contribution in [0, 0.1) is 22.7 Å². The molecule has 2 fully saturated rings. The Balaban J connectivity index is 2.38. The van der Waals surface area contributed by atoms with E-state index in [0.717, 1.165) is 12.7 Å². The van der Waals surface area contributed by atoms with Crippen LogP contribution >= 0.6 is 0 Å². The monoisotopic (exact) mass is 220 g/mol. The van der Waals surface area contributed by atoms with Crippen molar-refractivity contribution in [3.8, 4) is 0 Å². The van der Waals surface area contributed by atoms with Gasteiger partial charge in [-0.25, -0.2) is 0 Å². The highest BCUT2D eigenvalue weighted by Crippen LogP contribution is 2.60. The summed E-state index contributed by atoms with van der Waals surface area (Å²) >= 11 is 0. The van der Waals surface area contributed by atoms with Gasteiger partial charge >= 0.3 is 0 Å². The second-order valence-corrected chi connectivity index (χ2v) is 6.71. The molecule has 0 aromatic rings. The van der Waals surface area contributed by atoms with Gasteiger partial charge in [-0.3, -0.25) is 0 Å². The molecule has 2 aliphatic carbocycles. The molecule has 0 spiro atoms. The van der Waals surface area contributed by atoms with Gasteiger partial charge in [0.1, 0.15) is 6.29 Å². The number of fused-ring (bicyclic) bond motifs is 1. The van der Waals surface area contributed by atoms with E-state index in [1.165, 1.54) is 31.3 Å². The summed E-state index contributed by atoms with van der Waals surface area (Å²) in [4.78, 5) is 11.4. The van der Waals surface area contributed by atoms with E-state index >= 15 is 0 Å². The van der Waals surface area contributed by atoms with Crippen LogP contribution in [0.15, 0.2) is 12.2 Å². The van der Waals surface area contributed by atoms with Crippen molar-refractivity contribution in [3.05, 3.63) is 12.2 Å². The van der Waals surface area contributed by atoms with Gasteiger partial charge in [-0.2, -0.15) is 0 Å². The summed E-state index contributed by atoms with van der Waals surface area (Å²) in [5.41, 5.74) is 1.75. The molecule has 0 N–H and O–H groups in total. The fraction of sp³-hybridized carbons (Fsp3) is 0.800. The summed E-state index contributed by atoms with van der Waals surface area (Å²) in [6.45, 7) is 11.2. The lowest BCUT2D eigenvalue weighted by Gasteiger charge is -2.56. The number of carbonyl (C=O) groups excluding carboxylic acids is 1.